The zero-order valence-corrected chi connectivity index (χ0v) is 14.6. The zero-order valence-electron chi connectivity index (χ0n) is 13.9. The number of rotatable bonds is 5. The third-order valence-corrected chi connectivity index (χ3v) is 4.37. The molecule has 1 heterocycles. The summed E-state index contributed by atoms with van der Waals surface area (Å²) in [6.07, 6.45) is 0.790. The SMILES string of the molecule is CCc1ccccc1NC1=C(Cl)C(=O)N(c2ccc(OC)cc2)C1=O. The highest BCUT2D eigenvalue weighted by molar-refractivity contribution is 6.53. The highest BCUT2D eigenvalue weighted by Gasteiger charge is 2.39. The number of carbonyl (C=O) groups is 2. The number of aryl methyl sites for hydroxylation is 1. The minimum Gasteiger partial charge on any atom is -0.497 e. The summed E-state index contributed by atoms with van der Waals surface area (Å²) in [4.78, 5) is 26.3. The second-order valence-electron chi connectivity index (χ2n) is 5.47. The monoisotopic (exact) mass is 356 g/mol. The van der Waals surface area contributed by atoms with Crippen molar-refractivity contribution in [2.75, 3.05) is 17.3 Å². The van der Waals surface area contributed by atoms with E-state index in [4.69, 9.17) is 16.3 Å². The molecule has 6 heteroatoms. The molecule has 0 saturated heterocycles. The molecule has 0 radical (unpaired) electrons. The average molecular weight is 357 g/mol. The van der Waals surface area contributed by atoms with Gasteiger partial charge in [0.2, 0.25) is 0 Å². The van der Waals surface area contributed by atoms with Crippen LogP contribution in [0.5, 0.6) is 5.75 Å². The number of nitrogens with one attached hydrogen (secondary N) is 1. The molecule has 1 aliphatic heterocycles. The third-order valence-electron chi connectivity index (χ3n) is 4.02. The van der Waals surface area contributed by atoms with Gasteiger partial charge in [-0.1, -0.05) is 36.7 Å². The number of halogens is 1. The summed E-state index contributed by atoms with van der Waals surface area (Å²) in [6.45, 7) is 2.02. The second kappa shape index (κ2) is 6.99. The fraction of sp³-hybridized carbons (Fsp3) is 0.158. The Bertz CT molecular complexity index is 859. The van der Waals surface area contributed by atoms with E-state index in [2.05, 4.69) is 5.32 Å². The lowest BCUT2D eigenvalue weighted by molar-refractivity contribution is -0.120. The maximum Gasteiger partial charge on any atom is 0.283 e. The molecule has 0 spiro atoms. The van der Waals surface area contributed by atoms with Crippen LogP contribution in [-0.2, 0) is 16.0 Å². The van der Waals surface area contributed by atoms with Crippen molar-refractivity contribution in [1.29, 1.82) is 0 Å². The summed E-state index contributed by atoms with van der Waals surface area (Å²) in [5, 5.41) is 2.90. The van der Waals surface area contributed by atoms with Crippen molar-refractivity contribution in [3.8, 4) is 5.75 Å². The topological polar surface area (TPSA) is 58.6 Å². The number of imide groups is 1. The van der Waals surface area contributed by atoms with Crippen LogP contribution in [0.15, 0.2) is 59.3 Å². The molecule has 128 valence electrons. The predicted molar refractivity (Wildman–Crippen MR) is 97.8 cm³/mol. The number of para-hydroxylation sites is 1. The number of hydrogen-bond acceptors (Lipinski definition) is 4. The molecule has 3 rings (SSSR count). The molecule has 0 aromatic heterocycles. The fourth-order valence-electron chi connectivity index (χ4n) is 2.66. The normalized spacial score (nSPS) is 14.3. The van der Waals surface area contributed by atoms with Crippen molar-refractivity contribution < 1.29 is 14.3 Å². The van der Waals surface area contributed by atoms with Crippen molar-refractivity contribution in [3.63, 3.8) is 0 Å². The first-order valence-electron chi connectivity index (χ1n) is 7.84. The molecule has 5 nitrogen and oxygen atoms in total. The van der Waals surface area contributed by atoms with Crippen LogP contribution in [0.25, 0.3) is 0 Å². The van der Waals surface area contributed by atoms with E-state index in [1.54, 1.807) is 31.4 Å². The van der Waals surface area contributed by atoms with Gasteiger partial charge >= 0.3 is 0 Å². The van der Waals surface area contributed by atoms with Crippen LogP contribution in [0.2, 0.25) is 0 Å². The van der Waals surface area contributed by atoms with E-state index in [1.807, 2.05) is 31.2 Å². The third kappa shape index (κ3) is 3.10. The van der Waals surface area contributed by atoms with E-state index < -0.39 is 11.8 Å². The largest absolute Gasteiger partial charge is 0.497 e. The van der Waals surface area contributed by atoms with Gasteiger partial charge in [-0.25, -0.2) is 4.90 Å². The van der Waals surface area contributed by atoms with Gasteiger partial charge in [-0.15, -0.1) is 0 Å². The molecule has 1 N–H and O–H groups in total. The highest BCUT2D eigenvalue weighted by atomic mass is 35.5. The van der Waals surface area contributed by atoms with Crippen LogP contribution in [0.3, 0.4) is 0 Å². The van der Waals surface area contributed by atoms with E-state index in [0.717, 1.165) is 22.6 Å². The summed E-state index contributed by atoms with van der Waals surface area (Å²) >= 11 is 6.15. The second-order valence-corrected chi connectivity index (χ2v) is 5.85. The van der Waals surface area contributed by atoms with Crippen LogP contribution >= 0.6 is 11.6 Å². The molecule has 2 aromatic carbocycles. The van der Waals surface area contributed by atoms with Gasteiger partial charge in [0.15, 0.2) is 0 Å². The van der Waals surface area contributed by atoms with Gasteiger partial charge in [0.25, 0.3) is 11.8 Å². The number of carbonyl (C=O) groups excluding carboxylic acids is 2. The molecule has 25 heavy (non-hydrogen) atoms. The number of hydrogen-bond donors (Lipinski definition) is 1. The van der Waals surface area contributed by atoms with Gasteiger partial charge in [-0.05, 0) is 42.3 Å². The minimum absolute atomic E-state index is 0.0865. The zero-order chi connectivity index (χ0) is 18.0. The first-order valence-corrected chi connectivity index (χ1v) is 8.22. The van der Waals surface area contributed by atoms with E-state index in [1.165, 1.54) is 0 Å². The van der Waals surface area contributed by atoms with Gasteiger partial charge in [0.1, 0.15) is 16.5 Å². The van der Waals surface area contributed by atoms with Crippen molar-refractivity contribution in [3.05, 3.63) is 64.8 Å². The minimum atomic E-state index is -0.548. The fourth-order valence-corrected chi connectivity index (χ4v) is 2.87. The number of nitrogens with zero attached hydrogens (tertiary/aromatic N) is 1. The van der Waals surface area contributed by atoms with Gasteiger partial charge < -0.3 is 10.1 Å². The Morgan fingerprint density at radius 1 is 1.04 bits per heavy atom. The summed E-state index contributed by atoms with van der Waals surface area (Å²) in [5.41, 5.74) is 2.32. The summed E-state index contributed by atoms with van der Waals surface area (Å²) in [7, 11) is 1.55. The van der Waals surface area contributed by atoms with Crippen LogP contribution in [0.1, 0.15) is 12.5 Å². The molecule has 0 saturated carbocycles. The molecule has 1 aliphatic rings. The molecular formula is C19H17ClN2O3. The molecule has 2 aromatic rings. The molecule has 0 atom stereocenters. The van der Waals surface area contributed by atoms with E-state index in [-0.39, 0.29) is 10.7 Å². The first kappa shape index (κ1) is 17.0. The van der Waals surface area contributed by atoms with E-state index in [9.17, 15) is 9.59 Å². The van der Waals surface area contributed by atoms with Crippen molar-refractivity contribution in [2.45, 2.75) is 13.3 Å². The van der Waals surface area contributed by atoms with Gasteiger partial charge in [-0.3, -0.25) is 9.59 Å². The Labute approximate surface area is 150 Å². The lowest BCUT2D eigenvalue weighted by Crippen LogP contribution is -2.32. The van der Waals surface area contributed by atoms with Gasteiger partial charge in [-0.2, -0.15) is 0 Å². The Hall–Kier alpha value is -2.79. The van der Waals surface area contributed by atoms with Gasteiger partial charge in [0.05, 0.1) is 12.8 Å². The smallest absolute Gasteiger partial charge is 0.283 e. The van der Waals surface area contributed by atoms with Crippen molar-refractivity contribution >= 4 is 34.8 Å². The van der Waals surface area contributed by atoms with Crippen LogP contribution < -0.4 is 15.0 Å². The Balaban J connectivity index is 1.91. The van der Waals surface area contributed by atoms with Crippen molar-refractivity contribution in [2.24, 2.45) is 0 Å². The predicted octanol–water partition coefficient (Wildman–Crippen LogP) is 3.69. The number of amides is 2. The highest BCUT2D eigenvalue weighted by Crippen LogP contribution is 2.31. The van der Waals surface area contributed by atoms with Gasteiger partial charge in [0, 0.05) is 5.69 Å². The maximum atomic E-state index is 12.8. The van der Waals surface area contributed by atoms with E-state index in [0.29, 0.717) is 11.4 Å². The van der Waals surface area contributed by atoms with Crippen molar-refractivity contribution in [1.82, 2.24) is 0 Å². The summed E-state index contributed by atoms with van der Waals surface area (Å²) < 4.78 is 5.10. The van der Waals surface area contributed by atoms with E-state index >= 15 is 0 Å². The number of benzene rings is 2. The Morgan fingerprint density at radius 2 is 1.72 bits per heavy atom. The van der Waals surface area contributed by atoms with Crippen LogP contribution in [0, 0.1) is 0 Å². The molecule has 0 unspecified atom stereocenters. The molecule has 0 bridgehead atoms. The molecule has 0 aliphatic carbocycles. The van der Waals surface area contributed by atoms with Crippen LogP contribution in [-0.4, -0.2) is 18.9 Å². The van der Waals surface area contributed by atoms with Crippen LogP contribution in [0.4, 0.5) is 11.4 Å². The summed E-state index contributed by atoms with van der Waals surface area (Å²) in [6, 6.07) is 14.2. The number of methoxy groups -OCH3 is 1. The standard InChI is InChI=1S/C19H17ClN2O3/c1-3-12-6-4-5-7-15(12)21-17-16(20)18(23)22(19(17)24)13-8-10-14(25-2)11-9-13/h4-11,21H,3H2,1-2H3. The lowest BCUT2D eigenvalue weighted by Gasteiger charge is -2.16. The number of anilines is 2. The summed E-state index contributed by atoms with van der Waals surface area (Å²) in [5.74, 6) is -0.392. The first-order chi connectivity index (χ1) is 12.1. The lowest BCUT2D eigenvalue weighted by atomic mass is 10.1. The Kier molecular flexibility index (Phi) is 4.76. The Morgan fingerprint density at radius 3 is 2.36 bits per heavy atom. The molecule has 2 amide bonds. The molecular weight excluding hydrogens is 340 g/mol. The quantitative estimate of drug-likeness (QED) is 0.830. The number of ether oxygens (including phenoxy) is 1. The average Bonchev–Trinajstić information content (AvgIpc) is 2.86. The maximum absolute atomic E-state index is 12.8. The molecule has 0 fully saturated rings.